The molecule has 43 heavy (non-hydrogen) atoms. The van der Waals surface area contributed by atoms with Crippen molar-refractivity contribution >= 4 is 75.5 Å². The van der Waals surface area contributed by atoms with Crippen LogP contribution in [0.1, 0.15) is 64.2 Å². The summed E-state index contributed by atoms with van der Waals surface area (Å²) >= 11 is 0. The van der Waals surface area contributed by atoms with Gasteiger partial charge in [0.05, 0.1) is 22.3 Å². The molecule has 0 unspecified atom stereocenters. The monoisotopic (exact) mass is 590 g/mol. The van der Waals surface area contributed by atoms with E-state index >= 15 is 0 Å². The predicted molar refractivity (Wildman–Crippen MR) is 156 cm³/mol. The summed E-state index contributed by atoms with van der Waals surface area (Å²) in [5, 5.41) is 39.5. The number of nitrogens with zero attached hydrogens (tertiary/aromatic N) is 2. The van der Waals surface area contributed by atoms with Crippen molar-refractivity contribution in [3.8, 4) is 11.1 Å². The third-order valence-electron chi connectivity index (χ3n) is 7.22. The maximum atomic E-state index is 12.5. The summed E-state index contributed by atoms with van der Waals surface area (Å²) in [5.74, 6) is -7.19. The molecule has 8 bridgehead atoms. The Hall–Kier alpha value is -4.78. The quantitative estimate of drug-likeness (QED) is 0.186. The minimum absolute atomic E-state index is 0. The zero-order chi connectivity index (χ0) is 29.7. The number of rotatable bonds is 5. The molecule has 4 aromatic rings. The van der Waals surface area contributed by atoms with E-state index in [1.165, 1.54) is 0 Å². The average Bonchev–Trinajstić information content (AvgIpc) is 3.72. The predicted octanol–water partition coefficient (Wildman–Crippen LogP) is 3.70. The molecule has 0 spiro atoms. The molecule has 0 amide bonds. The van der Waals surface area contributed by atoms with Gasteiger partial charge in [-0.2, -0.15) is 0 Å². The van der Waals surface area contributed by atoms with Crippen molar-refractivity contribution in [1.29, 1.82) is 0 Å². The van der Waals surface area contributed by atoms with Gasteiger partial charge in [0.2, 0.25) is 0 Å². The number of carboxylic acid groups (broad SMARTS) is 4. The number of aromatic carboxylic acids is 4. The summed E-state index contributed by atoms with van der Waals surface area (Å²) in [7, 11) is 0. The van der Waals surface area contributed by atoms with Crippen LogP contribution in [0.4, 0.5) is 0 Å². The van der Waals surface area contributed by atoms with Gasteiger partial charge in [-0.3, -0.25) is 9.97 Å². The van der Waals surface area contributed by atoms with E-state index in [0.29, 0.717) is 42.4 Å². The van der Waals surface area contributed by atoms with Crippen LogP contribution in [-0.4, -0.2) is 93.8 Å². The Morgan fingerprint density at radius 3 is 1.51 bits per heavy atom. The van der Waals surface area contributed by atoms with E-state index in [9.17, 15) is 39.6 Å². The van der Waals surface area contributed by atoms with Crippen LogP contribution >= 0.6 is 0 Å². The number of aryl methyl sites for hydroxylation is 4. The van der Waals surface area contributed by atoms with Crippen LogP contribution in [0.3, 0.4) is 0 Å². The fourth-order valence-electron chi connectivity index (χ4n) is 5.45. The van der Waals surface area contributed by atoms with E-state index in [2.05, 4.69) is 9.97 Å². The number of hydrogen-bond donors (Lipinski definition) is 6. The maximum absolute atomic E-state index is 12.5. The van der Waals surface area contributed by atoms with Crippen LogP contribution < -0.4 is 0 Å². The molecule has 13 heteroatoms. The first-order valence-electron chi connectivity index (χ1n) is 12.9. The molecule has 0 aliphatic carbocycles. The normalized spacial score (nSPS) is 12.4. The van der Waals surface area contributed by atoms with Crippen LogP contribution in [0.5, 0.6) is 0 Å². The molecular weight excluding hydrogens is 567 g/mol. The van der Waals surface area contributed by atoms with Gasteiger partial charge in [-0.25, -0.2) is 19.2 Å². The van der Waals surface area contributed by atoms with Crippen LogP contribution in [0.25, 0.3) is 33.2 Å². The van der Waals surface area contributed by atoms with E-state index in [1.807, 2.05) is 24.3 Å². The summed E-state index contributed by atoms with van der Waals surface area (Å²) < 4.78 is 0. The van der Waals surface area contributed by atoms with Crippen molar-refractivity contribution < 1.29 is 39.6 Å². The van der Waals surface area contributed by atoms with Gasteiger partial charge < -0.3 is 30.4 Å². The number of aromatic nitrogens is 4. The Labute approximate surface area is 264 Å². The summed E-state index contributed by atoms with van der Waals surface area (Å²) in [6.45, 7) is 0. The molecule has 212 valence electrons. The van der Waals surface area contributed by atoms with Gasteiger partial charge in [0.15, 0.2) is 0 Å². The molecule has 2 aliphatic rings. The third kappa shape index (κ3) is 5.67. The summed E-state index contributed by atoms with van der Waals surface area (Å²) in [4.78, 5) is 64.7. The van der Waals surface area contributed by atoms with E-state index in [4.69, 9.17) is 9.97 Å². The van der Waals surface area contributed by atoms with Crippen LogP contribution in [0.2, 0.25) is 0 Å². The first-order valence-corrected chi connectivity index (χ1v) is 12.9. The van der Waals surface area contributed by atoms with Gasteiger partial charge in [-0.05, 0) is 74.2 Å². The van der Waals surface area contributed by atoms with Gasteiger partial charge in [0, 0.05) is 56.0 Å². The first-order chi connectivity index (χ1) is 20.1. The van der Waals surface area contributed by atoms with Crippen LogP contribution in [0, 0.1) is 0 Å². The zero-order valence-electron chi connectivity index (χ0n) is 21.8. The Balaban J connectivity index is 0.00000368. The van der Waals surface area contributed by atoms with Gasteiger partial charge in [0.1, 0.15) is 0 Å². The Bertz CT molecular complexity index is 2030. The average molecular weight is 591 g/mol. The second-order valence-corrected chi connectivity index (χ2v) is 10.0. The topological polar surface area (TPSA) is 207 Å². The molecule has 1 aromatic carbocycles. The number of nitrogens with one attached hydrogen (secondary N) is 2. The molecule has 0 atom stereocenters. The molecular formula is C30H23N4NaO8. The standard InChI is InChI=1S/C30H22N4O8.Na.H/c35-27(36)22-12-21(24(28(37)38)26(30(41)42)25(22)29(39)40)20-10-19-9-17-4-3-15(32-17)7-13-1-2-14(31-13)8-16-5-6-18(33-16)11-23(20)34-19;;/h1-2,7-12,31,34H,3-6H2,(H,35,36)(H,37,38)(H,39,40)(H,41,42);;. The number of hydrogen-bond acceptors (Lipinski definition) is 6. The van der Waals surface area contributed by atoms with Crippen LogP contribution in [0.15, 0.2) is 48.5 Å². The Morgan fingerprint density at radius 2 is 1.02 bits per heavy atom. The molecule has 5 heterocycles. The van der Waals surface area contributed by atoms with Crippen molar-refractivity contribution in [3.05, 3.63) is 93.6 Å². The first kappa shape index (κ1) is 29.7. The summed E-state index contributed by atoms with van der Waals surface area (Å²) in [6, 6.07) is 13.7. The van der Waals surface area contributed by atoms with Gasteiger partial charge in [-0.15, -0.1) is 0 Å². The summed E-state index contributed by atoms with van der Waals surface area (Å²) in [6.07, 6.45) is 2.55. The number of H-pyrrole nitrogens is 2. The van der Waals surface area contributed by atoms with Crippen molar-refractivity contribution in [2.24, 2.45) is 0 Å². The molecule has 6 rings (SSSR count). The molecule has 12 nitrogen and oxygen atoms in total. The Morgan fingerprint density at radius 1 is 0.535 bits per heavy atom. The molecule has 2 aliphatic heterocycles. The second kappa shape index (κ2) is 11.5. The van der Waals surface area contributed by atoms with E-state index in [0.717, 1.165) is 34.2 Å². The number of carbonyl (C=O) groups is 4. The van der Waals surface area contributed by atoms with E-state index in [-0.39, 0.29) is 40.7 Å². The zero-order valence-corrected chi connectivity index (χ0v) is 21.8. The van der Waals surface area contributed by atoms with Gasteiger partial charge in [-0.1, -0.05) is 0 Å². The number of aromatic amines is 2. The fraction of sp³-hybridized carbons (Fsp3) is 0.133. The van der Waals surface area contributed by atoms with Gasteiger partial charge >= 0.3 is 53.4 Å². The van der Waals surface area contributed by atoms with Crippen LogP contribution in [-0.2, 0) is 25.7 Å². The Kier molecular flexibility index (Phi) is 7.93. The van der Waals surface area contributed by atoms with Crippen molar-refractivity contribution in [1.82, 2.24) is 19.9 Å². The summed E-state index contributed by atoms with van der Waals surface area (Å²) in [5.41, 5.74) is 1.71. The van der Waals surface area contributed by atoms with Gasteiger partial charge in [0.25, 0.3) is 0 Å². The van der Waals surface area contributed by atoms with Crippen molar-refractivity contribution in [2.45, 2.75) is 25.7 Å². The van der Waals surface area contributed by atoms with Crippen molar-refractivity contribution in [2.75, 3.05) is 0 Å². The molecule has 6 N–H and O–H groups in total. The van der Waals surface area contributed by atoms with E-state index < -0.39 is 46.1 Å². The molecule has 3 aromatic heterocycles. The number of fused-ring (bicyclic) bond motifs is 8. The third-order valence-corrected chi connectivity index (χ3v) is 7.22. The SMILES string of the molecule is O=C(O)c1cc(-c2cc3cc4nc(cc5ccc(cc6nc(cc2[nH]3)CC6)[nH]5)CC4)c(C(=O)O)c(C(=O)O)c1C(=O)O.[NaH]. The molecule has 0 saturated heterocycles. The molecule has 0 saturated carbocycles. The molecule has 0 radical (unpaired) electrons. The van der Waals surface area contributed by atoms with E-state index in [1.54, 1.807) is 18.2 Å². The fourth-order valence-corrected chi connectivity index (χ4v) is 5.45. The minimum atomic E-state index is -1.88. The number of benzene rings is 1. The molecule has 0 fully saturated rings. The second-order valence-electron chi connectivity index (χ2n) is 10.0. The number of carboxylic acids is 4. The van der Waals surface area contributed by atoms with Crippen molar-refractivity contribution in [3.63, 3.8) is 0 Å².